The molecule has 0 aliphatic heterocycles. The van der Waals surface area contributed by atoms with Gasteiger partial charge in [-0.15, -0.1) is 6.51 Å². The molecule has 0 aromatic heterocycles. The average Bonchev–Trinajstić information content (AvgIpc) is 1.84. The molecule has 12 heavy (non-hydrogen) atoms. The molecule has 0 aliphatic rings. The van der Waals surface area contributed by atoms with Gasteiger partial charge in [0.1, 0.15) is 0 Å². The summed E-state index contributed by atoms with van der Waals surface area (Å²) in [5.41, 5.74) is 0. The molecule has 0 atom stereocenters. The predicted octanol–water partition coefficient (Wildman–Crippen LogP) is -3.32. The van der Waals surface area contributed by atoms with Crippen molar-refractivity contribution in [3.8, 4) is 0 Å². The van der Waals surface area contributed by atoms with Crippen molar-refractivity contribution in [2.24, 2.45) is 0 Å². The maximum atomic E-state index is 10.2. The first-order valence-electron chi connectivity index (χ1n) is 2.88. The van der Waals surface area contributed by atoms with Gasteiger partial charge < -0.3 is 14.4 Å². The SMILES string of the molecule is CC(=O)OB([CH-]O)OC(C)=O.[Na+]. The van der Waals surface area contributed by atoms with E-state index >= 15 is 0 Å². The molecule has 0 rings (SSSR count). The van der Waals surface area contributed by atoms with Gasteiger partial charge >= 0.3 is 36.7 Å². The Kier molecular flexibility index (Phi) is 9.18. The van der Waals surface area contributed by atoms with E-state index in [1.54, 1.807) is 0 Å². The average molecular weight is 182 g/mol. The zero-order chi connectivity index (χ0) is 8.85. The van der Waals surface area contributed by atoms with E-state index in [-0.39, 0.29) is 29.6 Å². The predicted molar refractivity (Wildman–Crippen MR) is 35.5 cm³/mol. The van der Waals surface area contributed by atoms with Gasteiger partial charge in [0.05, 0.1) is 0 Å². The van der Waals surface area contributed by atoms with Crippen LogP contribution >= 0.6 is 0 Å². The standard InChI is InChI=1S/C5H8BO5.Na/c1-4(8)10-6(3-7)11-5(2)9;/h3,7H,1-2H3;/q-1;+1. The Morgan fingerprint density at radius 1 is 1.25 bits per heavy atom. The first-order chi connectivity index (χ1) is 5.06. The maximum absolute atomic E-state index is 10.2. The third kappa shape index (κ3) is 8.07. The zero-order valence-corrected chi connectivity index (χ0v) is 9.23. The molecule has 0 unspecified atom stereocenters. The number of carbonyl (C=O) groups excluding carboxylic acids is 2. The second-order valence-electron chi connectivity index (χ2n) is 1.74. The first-order valence-corrected chi connectivity index (χ1v) is 2.88. The summed E-state index contributed by atoms with van der Waals surface area (Å²) in [5, 5.41) is 8.34. The van der Waals surface area contributed by atoms with E-state index in [4.69, 9.17) is 5.11 Å². The molecule has 5 nitrogen and oxygen atoms in total. The number of hydrogen-bond donors (Lipinski definition) is 1. The molecule has 0 aromatic rings. The summed E-state index contributed by atoms with van der Waals surface area (Å²) in [4.78, 5) is 20.5. The molecular formula is C5H8BNaO5. The second kappa shape index (κ2) is 7.61. The van der Waals surface area contributed by atoms with Crippen molar-refractivity contribution in [2.45, 2.75) is 13.8 Å². The minimum Gasteiger partial charge on any atom is -0.564 e. The summed E-state index contributed by atoms with van der Waals surface area (Å²) < 4.78 is 8.65. The molecule has 62 valence electrons. The van der Waals surface area contributed by atoms with E-state index in [2.05, 4.69) is 9.31 Å². The molecule has 0 bridgehead atoms. The Morgan fingerprint density at radius 3 is 1.75 bits per heavy atom. The van der Waals surface area contributed by atoms with Crippen LogP contribution in [-0.4, -0.2) is 24.2 Å². The monoisotopic (exact) mass is 182 g/mol. The van der Waals surface area contributed by atoms with Crippen LogP contribution in [0.1, 0.15) is 13.8 Å². The van der Waals surface area contributed by atoms with Crippen molar-refractivity contribution in [1.82, 2.24) is 0 Å². The van der Waals surface area contributed by atoms with Crippen molar-refractivity contribution in [3.63, 3.8) is 0 Å². The summed E-state index contributed by atoms with van der Waals surface area (Å²) in [6.45, 7) is 2.75. The fourth-order valence-electron chi connectivity index (χ4n) is 0.412. The first kappa shape index (κ1) is 14.5. The molecule has 0 fully saturated rings. The van der Waals surface area contributed by atoms with E-state index < -0.39 is 19.1 Å². The van der Waals surface area contributed by atoms with Crippen LogP contribution in [0.25, 0.3) is 0 Å². The molecule has 0 aromatic carbocycles. The summed E-state index contributed by atoms with van der Waals surface area (Å²) in [7, 11) is -1.30. The maximum Gasteiger partial charge on any atom is 1.00 e. The van der Waals surface area contributed by atoms with E-state index in [0.29, 0.717) is 6.51 Å². The van der Waals surface area contributed by atoms with Gasteiger partial charge in [0.15, 0.2) is 0 Å². The van der Waals surface area contributed by atoms with Crippen LogP contribution < -0.4 is 29.6 Å². The molecule has 0 saturated heterocycles. The van der Waals surface area contributed by atoms with Crippen LogP contribution in [0.4, 0.5) is 0 Å². The van der Waals surface area contributed by atoms with Crippen LogP contribution in [-0.2, 0) is 18.9 Å². The largest absolute Gasteiger partial charge is 1.00 e. The molecule has 0 heterocycles. The van der Waals surface area contributed by atoms with Crippen LogP contribution in [0.2, 0.25) is 0 Å². The minimum atomic E-state index is -1.30. The van der Waals surface area contributed by atoms with Crippen molar-refractivity contribution in [3.05, 3.63) is 6.51 Å². The molecule has 0 radical (unpaired) electrons. The normalized spacial score (nSPS) is 7.92. The Bertz CT molecular complexity index is 146. The van der Waals surface area contributed by atoms with Crippen molar-refractivity contribution >= 4 is 19.1 Å². The third-order valence-corrected chi connectivity index (χ3v) is 0.686. The van der Waals surface area contributed by atoms with Gasteiger partial charge in [-0.3, -0.25) is 9.59 Å². The van der Waals surface area contributed by atoms with E-state index in [1.165, 1.54) is 0 Å². The molecule has 7 heteroatoms. The molecule has 0 amide bonds. The Morgan fingerprint density at radius 2 is 1.58 bits per heavy atom. The number of rotatable bonds is 3. The fraction of sp³-hybridized carbons (Fsp3) is 0.400. The molecule has 0 aliphatic carbocycles. The van der Waals surface area contributed by atoms with Crippen molar-refractivity contribution in [1.29, 1.82) is 0 Å². The minimum absolute atomic E-state index is 0. The van der Waals surface area contributed by atoms with Gasteiger partial charge in [0.25, 0.3) is 11.9 Å². The summed E-state index contributed by atoms with van der Waals surface area (Å²) in [5.74, 6) is -1.27. The van der Waals surface area contributed by atoms with Crippen molar-refractivity contribution < 1.29 is 53.6 Å². The van der Waals surface area contributed by atoms with Gasteiger partial charge in [-0.1, -0.05) is 0 Å². The fourth-order valence-corrected chi connectivity index (χ4v) is 0.412. The molecule has 0 spiro atoms. The molecule has 0 saturated carbocycles. The number of aliphatic hydroxyl groups is 1. The molecule has 1 N–H and O–H groups in total. The van der Waals surface area contributed by atoms with Gasteiger partial charge in [-0.2, -0.15) is 0 Å². The van der Waals surface area contributed by atoms with Gasteiger partial charge in [-0.05, 0) is 0 Å². The van der Waals surface area contributed by atoms with E-state index in [9.17, 15) is 9.59 Å². The third-order valence-electron chi connectivity index (χ3n) is 0.686. The van der Waals surface area contributed by atoms with Crippen LogP contribution in [0.15, 0.2) is 0 Å². The Balaban J connectivity index is 0. The van der Waals surface area contributed by atoms with E-state index in [0.717, 1.165) is 13.8 Å². The number of hydrogen-bond acceptors (Lipinski definition) is 5. The molecular weight excluding hydrogens is 174 g/mol. The smallest absolute Gasteiger partial charge is 0.564 e. The van der Waals surface area contributed by atoms with Gasteiger partial charge in [0, 0.05) is 13.8 Å². The van der Waals surface area contributed by atoms with Crippen LogP contribution in [0.3, 0.4) is 0 Å². The van der Waals surface area contributed by atoms with Crippen LogP contribution in [0.5, 0.6) is 0 Å². The number of aliphatic hydroxyl groups excluding tert-OH is 1. The van der Waals surface area contributed by atoms with Gasteiger partial charge in [0.2, 0.25) is 0 Å². The topological polar surface area (TPSA) is 72.8 Å². The second-order valence-corrected chi connectivity index (χ2v) is 1.74. The summed E-state index contributed by atoms with van der Waals surface area (Å²) >= 11 is 0. The summed E-state index contributed by atoms with van der Waals surface area (Å²) in [6.07, 6.45) is 0. The van der Waals surface area contributed by atoms with E-state index in [1.807, 2.05) is 0 Å². The zero-order valence-electron chi connectivity index (χ0n) is 7.23. The Hall–Kier alpha value is -0.0351. The van der Waals surface area contributed by atoms with Crippen LogP contribution in [0, 0.1) is 6.51 Å². The Labute approximate surface area is 92.8 Å². The van der Waals surface area contributed by atoms with Crippen molar-refractivity contribution in [2.75, 3.05) is 0 Å². The summed E-state index contributed by atoms with van der Waals surface area (Å²) in [6, 6.07) is 0. The number of carbonyl (C=O) groups is 2. The quantitative estimate of drug-likeness (QED) is 0.365. The van der Waals surface area contributed by atoms with Gasteiger partial charge in [-0.25, -0.2) is 0 Å².